The predicted molar refractivity (Wildman–Crippen MR) is 109 cm³/mol. The zero-order valence-corrected chi connectivity index (χ0v) is 17.1. The maximum atomic E-state index is 13.0. The Hall–Kier alpha value is -2.52. The average molecular weight is 422 g/mol. The number of benzene rings is 1. The molecule has 2 N–H and O–H groups in total. The number of urea groups is 2. The molecular weight excluding hydrogens is 402 g/mol. The van der Waals surface area contributed by atoms with Crippen molar-refractivity contribution < 1.29 is 14.3 Å². The van der Waals surface area contributed by atoms with E-state index in [1.165, 1.54) is 11.3 Å². The molecule has 148 valence electrons. The molecule has 4 amide bonds. The van der Waals surface area contributed by atoms with Crippen LogP contribution in [-0.4, -0.2) is 55.7 Å². The molecule has 0 aliphatic carbocycles. The summed E-state index contributed by atoms with van der Waals surface area (Å²) in [6.07, 6.45) is 2.33. The van der Waals surface area contributed by atoms with E-state index in [4.69, 9.17) is 16.3 Å². The fourth-order valence-electron chi connectivity index (χ4n) is 3.95. The van der Waals surface area contributed by atoms with E-state index >= 15 is 0 Å². The third-order valence-corrected chi connectivity index (χ3v) is 6.39. The van der Waals surface area contributed by atoms with Crippen LogP contribution in [0.1, 0.15) is 12.0 Å². The summed E-state index contributed by atoms with van der Waals surface area (Å²) in [6.45, 7) is 1.64. The van der Waals surface area contributed by atoms with Crippen LogP contribution in [-0.2, 0) is 5.41 Å². The number of halogens is 1. The molecule has 0 unspecified atom stereocenters. The monoisotopic (exact) mass is 421 g/mol. The summed E-state index contributed by atoms with van der Waals surface area (Å²) in [7, 11) is 3.18. The van der Waals surface area contributed by atoms with E-state index in [-0.39, 0.29) is 17.5 Å². The quantitative estimate of drug-likeness (QED) is 0.779. The number of hydrogen-bond donors (Lipinski definition) is 2. The largest absolute Gasteiger partial charge is 0.486 e. The lowest BCUT2D eigenvalue weighted by Crippen LogP contribution is -2.43. The Morgan fingerprint density at radius 3 is 2.86 bits per heavy atom. The van der Waals surface area contributed by atoms with Crippen LogP contribution in [0.15, 0.2) is 24.4 Å². The molecule has 1 spiro atoms. The second kappa shape index (κ2) is 7.14. The van der Waals surface area contributed by atoms with E-state index < -0.39 is 0 Å². The van der Waals surface area contributed by atoms with Crippen LogP contribution in [0, 0.1) is 0 Å². The standard InChI is InChI=1S/C18H20ClN5O3S/c1-20-16(25)23-6-5-18(9-23)10-24(13-4-3-11(19)7-12(13)18)17(26)22-15-21-8-14(27-2)28-15/h3-4,7-8H,5-6,9-10H2,1-2H3,(H,20,25)(H,21,22,26)/t18-/m1/s1. The minimum Gasteiger partial charge on any atom is -0.486 e. The van der Waals surface area contributed by atoms with E-state index in [1.807, 2.05) is 12.1 Å². The molecule has 1 saturated heterocycles. The number of anilines is 2. The Bertz CT molecular complexity index is 936. The van der Waals surface area contributed by atoms with Crippen molar-refractivity contribution in [2.45, 2.75) is 11.8 Å². The van der Waals surface area contributed by atoms with Crippen LogP contribution in [0.25, 0.3) is 0 Å². The Morgan fingerprint density at radius 1 is 1.32 bits per heavy atom. The summed E-state index contributed by atoms with van der Waals surface area (Å²) >= 11 is 7.51. The van der Waals surface area contributed by atoms with E-state index in [1.54, 1.807) is 36.2 Å². The molecule has 2 aliphatic rings. The second-order valence-electron chi connectivity index (χ2n) is 6.87. The van der Waals surface area contributed by atoms with Crippen LogP contribution in [0.5, 0.6) is 5.06 Å². The summed E-state index contributed by atoms with van der Waals surface area (Å²) in [5.74, 6) is 0. The van der Waals surface area contributed by atoms with Gasteiger partial charge in [0.2, 0.25) is 0 Å². The number of carbonyl (C=O) groups is 2. The number of methoxy groups -OCH3 is 1. The zero-order valence-electron chi connectivity index (χ0n) is 15.5. The highest BCUT2D eigenvalue weighted by molar-refractivity contribution is 7.17. The zero-order chi connectivity index (χ0) is 19.9. The SMILES string of the molecule is CNC(=O)N1CC[C@@]2(C1)CN(C(=O)Nc1ncc(OC)s1)c1ccc(Cl)cc12. The highest BCUT2D eigenvalue weighted by Crippen LogP contribution is 2.47. The molecule has 0 saturated carbocycles. The Labute approximate surface area is 171 Å². The van der Waals surface area contributed by atoms with Gasteiger partial charge in [-0.1, -0.05) is 22.9 Å². The topological polar surface area (TPSA) is 86.8 Å². The summed E-state index contributed by atoms with van der Waals surface area (Å²) in [6, 6.07) is 5.16. The summed E-state index contributed by atoms with van der Waals surface area (Å²) < 4.78 is 5.13. The molecular formula is C18H20ClN5O3S. The van der Waals surface area contributed by atoms with Crippen LogP contribution in [0.2, 0.25) is 5.02 Å². The molecule has 2 aliphatic heterocycles. The lowest BCUT2D eigenvalue weighted by molar-refractivity contribution is 0.208. The maximum absolute atomic E-state index is 13.0. The van der Waals surface area contributed by atoms with E-state index in [2.05, 4.69) is 15.6 Å². The third kappa shape index (κ3) is 3.14. The third-order valence-electron chi connectivity index (χ3n) is 5.28. The fraction of sp³-hybridized carbons (Fsp3) is 0.389. The lowest BCUT2D eigenvalue weighted by atomic mass is 9.81. The number of rotatable bonds is 2. The number of carbonyl (C=O) groups excluding carboxylic acids is 2. The number of thiazole rings is 1. The number of aromatic nitrogens is 1. The minimum atomic E-state index is -0.329. The first-order chi connectivity index (χ1) is 13.5. The van der Waals surface area contributed by atoms with Crippen LogP contribution in [0.3, 0.4) is 0 Å². The Kier molecular flexibility index (Phi) is 4.80. The molecule has 0 bridgehead atoms. The average Bonchev–Trinajstić information content (AvgIpc) is 3.40. The number of amides is 4. The van der Waals surface area contributed by atoms with Gasteiger partial charge >= 0.3 is 12.1 Å². The van der Waals surface area contributed by atoms with Crippen molar-refractivity contribution in [3.8, 4) is 5.06 Å². The number of fused-ring (bicyclic) bond motifs is 2. The first kappa shape index (κ1) is 18.8. The van der Waals surface area contributed by atoms with Gasteiger partial charge in [0.25, 0.3) is 0 Å². The molecule has 3 heterocycles. The van der Waals surface area contributed by atoms with Crippen LogP contribution < -0.4 is 20.3 Å². The second-order valence-corrected chi connectivity index (χ2v) is 8.30. The molecule has 10 heteroatoms. The number of ether oxygens (including phenoxy) is 1. The normalized spacial score (nSPS) is 20.4. The number of likely N-dealkylation sites (tertiary alicyclic amines) is 1. The molecule has 1 aromatic heterocycles. The van der Waals surface area contributed by atoms with Gasteiger partial charge in [-0.3, -0.25) is 10.2 Å². The fourth-order valence-corrected chi connectivity index (χ4v) is 4.74. The molecule has 28 heavy (non-hydrogen) atoms. The van der Waals surface area contributed by atoms with Crippen molar-refractivity contribution in [2.24, 2.45) is 0 Å². The van der Waals surface area contributed by atoms with Gasteiger partial charge in [-0.2, -0.15) is 0 Å². The smallest absolute Gasteiger partial charge is 0.328 e. The molecule has 2 aromatic rings. The molecule has 4 rings (SSSR count). The van der Waals surface area contributed by atoms with Gasteiger partial charge in [0, 0.05) is 42.8 Å². The van der Waals surface area contributed by atoms with Gasteiger partial charge in [0.15, 0.2) is 10.2 Å². The van der Waals surface area contributed by atoms with Gasteiger partial charge < -0.3 is 15.0 Å². The van der Waals surface area contributed by atoms with Crippen molar-refractivity contribution in [3.63, 3.8) is 0 Å². The highest BCUT2D eigenvalue weighted by atomic mass is 35.5. The van der Waals surface area contributed by atoms with Gasteiger partial charge in [0.1, 0.15) is 0 Å². The number of nitrogens with one attached hydrogen (secondary N) is 2. The molecule has 1 aromatic carbocycles. The Morgan fingerprint density at radius 2 is 2.14 bits per heavy atom. The van der Waals surface area contributed by atoms with E-state index in [0.717, 1.165) is 17.7 Å². The first-order valence-electron chi connectivity index (χ1n) is 8.81. The summed E-state index contributed by atoms with van der Waals surface area (Å²) in [5, 5.41) is 7.21. The minimum absolute atomic E-state index is 0.113. The van der Waals surface area contributed by atoms with Gasteiger partial charge in [-0.15, -0.1) is 0 Å². The number of hydrogen-bond acceptors (Lipinski definition) is 5. The lowest BCUT2D eigenvalue weighted by Gasteiger charge is -2.25. The van der Waals surface area contributed by atoms with Gasteiger partial charge in [-0.05, 0) is 30.2 Å². The van der Waals surface area contributed by atoms with E-state index in [0.29, 0.717) is 34.9 Å². The molecule has 1 fully saturated rings. The first-order valence-corrected chi connectivity index (χ1v) is 10.0. The van der Waals surface area contributed by atoms with Crippen LogP contribution >= 0.6 is 22.9 Å². The summed E-state index contributed by atoms with van der Waals surface area (Å²) in [5.41, 5.74) is 1.48. The van der Waals surface area contributed by atoms with Gasteiger partial charge in [0.05, 0.1) is 13.3 Å². The molecule has 8 nitrogen and oxygen atoms in total. The number of nitrogens with zero attached hydrogens (tertiary/aromatic N) is 3. The predicted octanol–water partition coefficient (Wildman–Crippen LogP) is 3.14. The van der Waals surface area contributed by atoms with Gasteiger partial charge in [-0.25, -0.2) is 14.6 Å². The Balaban J connectivity index is 1.62. The highest BCUT2D eigenvalue weighted by Gasteiger charge is 2.49. The molecule has 1 atom stereocenters. The van der Waals surface area contributed by atoms with Crippen molar-refractivity contribution in [2.75, 3.05) is 44.0 Å². The van der Waals surface area contributed by atoms with Crippen molar-refractivity contribution in [1.82, 2.24) is 15.2 Å². The maximum Gasteiger partial charge on any atom is 0.328 e. The van der Waals surface area contributed by atoms with Crippen molar-refractivity contribution in [3.05, 3.63) is 35.0 Å². The van der Waals surface area contributed by atoms with E-state index in [9.17, 15) is 9.59 Å². The molecule has 0 radical (unpaired) electrons. The van der Waals surface area contributed by atoms with Crippen LogP contribution in [0.4, 0.5) is 20.4 Å². The van der Waals surface area contributed by atoms with Crippen molar-refractivity contribution >= 4 is 45.8 Å². The van der Waals surface area contributed by atoms with Crippen molar-refractivity contribution in [1.29, 1.82) is 0 Å². The summed E-state index contributed by atoms with van der Waals surface area (Å²) in [4.78, 5) is 32.7.